The molecule has 0 fully saturated rings. The Hall–Kier alpha value is -10.0. The van der Waals surface area contributed by atoms with Crippen molar-refractivity contribution < 1.29 is 0 Å². The van der Waals surface area contributed by atoms with Crippen molar-refractivity contribution in [3.8, 4) is 90.0 Å². The molecule has 0 N–H and O–H groups in total. The van der Waals surface area contributed by atoms with E-state index < -0.39 is 0 Å². The minimum Gasteiger partial charge on any atom is -0.309 e. The topological polar surface area (TPSA) is 61.4 Å². The Labute approximate surface area is 453 Å². The Balaban J connectivity index is 1.07. The predicted molar refractivity (Wildman–Crippen MR) is 323 cm³/mol. The van der Waals surface area contributed by atoms with Crippen molar-refractivity contribution in [2.75, 3.05) is 0 Å². The molecular formula is C72H52N6. The number of pyridine rings is 1. The first kappa shape index (κ1) is 46.5. The van der Waals surface area contributed by atoms with Crippen molar-refractivity contribution in [1.82, 2.24) is 29.1 Å². The Bertz CT molecular complexity index is 4590. The minimum atomic E-state index is 0.586. The Morgan fingerprint density at radius 3 is 1.18 bits per heavy atom. The Kier molecular flexibility index (Phi) is 11.3. The molecule has 0 saturated carbocycles. The first-order chi connectivity index (χ1) is 38.3. The number of hydrogen-bond donors (Lipinski definition) is 0. The highest BCUT2D eigenvalue weighted by Gasteiger charge is 2.24. The molecule has 14 aromatic rings. The molecule has 0 atom stereocenters. The zero-order valence-electron chi connectivity index (χ0n) is 43.8. The molecule has 0 aliphatic heterocycles. The SMILES string of the molecule is Cc1ccc(-c2ccc3c(c2)c2ccccc2n3-c2cc(-c3cccnc3)ccc2-c2ccc(-c3nc(-c4ccccc4)nc(-c4ccccc4)n3)cc2-n2c3ccccc3c3cc(-c4ccc(C)cc4C)ccc32)c(C)c1. The molecule has 0 spiro atoms. The summed E-state index contributed by atoms with van der Waals surface area (Å²) in [5.74, 6) is 1.81. The molecule has 6 heteroatoms. The summed E-state index contributed by atoms with van der Waals surface area (Å²) in [6.07, 6.45) is 3.79. The van der Waals surface area contributed by atoms with Crippen LogP contribution in [0.15, 0.2) is 243 Å². The van der Waals surface area contributed by atoms with Crippen molar-refractivity contribution in [3.63, 3.8) is 0 Å². The highest BCUT2D eigenvalue weighted by Crippen LogP contribution is 2.45. The molecule has 0 radical (unpaired) electrons. The van der Waals surface area contributed by atoms with Crippen molar-refractivity contribution in [1.29, 1.82) is 0 Å². The van der Waals surface area contributed by atoms with Gasteiger partial charge in [-0.1, -0.05) is 187 Å². The number of benzene rings is 10. The lowest BCUT2D eigenvalue weighted by atomic mass is 9.95. The van der Waals surface area contributed by atoms with E-state index in [1.807, 2.05) is 54.9 Å². The number of aryl methyl sites for hydroxylation is 4. The maximum absolute atomic E-state index is 5.28. The van der Waals surface area contributed by atoms with Gasteiger partial charge in [0.15, 0.2) is 17.5 Å². The molecule has 0 amide bonds. The molecule has 0 bridgehead atoms. The number of para-hydroxylation sites is 2. The van der Waals surface area contributed by atoms with Crippen LogP contribution in [0.2, 0.25) is 0 Å². The summed E-state index contributed by atoms with van der Waals surface area (Å²) in [5.41, 5.74) is 23.3. The summed E-state index contributed by atoms with van der Waals surface area (Å²) in [6, 6.07) is 83.2. The summed E-state index contributed by atoms with van der Waals surface area (Å²) in [6.45, 7) is 8.73. The van der Waals surface area contributed by atoms with Gasteiger partial charge in [-0.15, -0.1) is 0 Å². The van der Waals surface area contributed by atoms with E-state index in [2.05, 4.69) is 230 Å². The van der Waals surface area contributed by atoms with Gasteiger partial charge in [0.25, 0.3) is 0 Å². The van der Waals surface area contributed by atoms with Crippen molar-refractivity contribution >= 4 is 43.6 Å². The van der Waals surface area contributed by atoms with E-state index in [1.54, 1.807) is 0 Å². The normalized spacial score (nSPS) is 11.6. The van der Waals surface area contributed by atoms with Crippen LogP contribution in [0, 0.1) is 27.7 Å². The van der Waals surface area contributed by atoms with E-state index in [-0.39, 0.29) is 0 Å². The van der Waals surface area contributed by atoms with Crippen molar-refractivity contribution in [2.24, 2.45) is 0 Å². The van der Waals surface area contributed by atoms with Crippen molar-refractivity contribution in [2.45, 2.75) is 27.7 Å². The molecule has 10 aromatic carbocycles. The second-order valence-corrected chi connectivity index (χ2v) is 20.5. The van der Waals surface area contributed by atoms with Gasteiger partial charge in [-0.2, -0.15) is 0 Å². The van der Waals surface area contributed by atoms with Gasteiger partial charge in [0.1, 0.15) is 0 Å². The fraction of sp³-hybridized carbons (Fsp3) is 0.0556. The number of rotatable bonds is 9. The van der Waals surface area contributed by atoms with Gasteiger partial charge in [0, 0.05) is 67.3 Å². The Morgan fingerprint density at radius 2 is 0.692 bits per heavy atom. The second kappa shape index (κ2) is 19.0. The van der Waals surface area contributed by atoms with E-state index in [0.717, 1.165) is 72.4 Å². The molecule has 14 rings (SSSR count). The van der Waals surface area contributed by atoms with Crippen LogP contribution in [0.25, 0.3) is 134 Å². The largest absolute Gasteiger partial charge is 0.309 e. The average Bonchev–Trinajstić information content (AvgIpc) is 4.22. The molecule has 0 aliphatic rings. The lowest BCUT2D eigenvalue weighted by Gasteiger charge is -2.21. The average molecular weight is 1000 g/mol. The zero-order chi connectivity index (χ0) is 52.4. The van der Waals surface area contributed by atoms with Crippen LogP contribution >= 0.6 is 0 Å². The predicted octanol–water partition coefficient (Wildman–Crippen LogP) is 18.4. The van der Waals surface area contributed by atoms with E-state index in [4.69, 9.17) is 15.0 Å². The summed E-state index contributed by atoms with van der Waals surface area (Å²) in [5, 5.41) is 4.72. The third-order valence-corrected chi connectivity index (χ3v) is 15.5. The zero-order valence-corrected chi connectivity index (χ0v) is 43.8. The standard InChI is InChI=1S/C72H52N6/c1-45-25-31-56(47(3)38-45)52-29-35-66-62(40-52)58-21-11-13-23-64(58)77(66)68-42-51(55-20-15-37-73-44-55)27-33-60(68)61-34-28-54(72-75-70(49-16-7-5-8-17-49)74-71(76-72)50-18-9-6-10-19-50)43-69(61)78-65-24-14-12-22-59(65)63-41-53(30-36-67(63)78)57-32-26-46(2)39-48(57)4/h5-44H,1-4H3. The summed E-state index contributed by atoms with van der Waals surface area (Å²) >= 11 is 0. The maximum Gasteiger partial charge on any atom is 0.164 e. The van der Waals surface area contributed by atoms with Gasteiger partial charge in [-0.3, -0.25) is 4.98 Å². The first-order valence-electron chi connectivity index (χ1n) is 26.6. The van der Waals surface area contributed by atoms with Crippen LogP contribution in [0.5, 0.6) is 0 Å². The van der Waals surface area contributed by atoms with E-state index in [9.17, 15) is 0 Å². The maximum atomic E-state index is 5.28. The van der Waals surface area contributed by atoms with Crippen LogP contribution < -0.4 is 0 Å². The fourth-order valence-corrected chi connectivity index (χ4v) is 11.8. The van der Waals surface area contributed by atoms with Crippen molar-refractivity contribution in [3.05, 3.63) is 265 Å². The Morgan fingerprint density at radius 1 is 0.282 bits per heavy atom. The smallest absolute Gasteiger partial charge is 0.164 e. The number of fused-ring (bicyclic) bond motifs is 6. The van der Waals surface area contributed by atoms with Gasteiger partial charge in [0.2, 0.25) is 0 Å². The second-order valence-electron chi connectivity index (χ2n) is 20.5. The van der Waals surface area contributed by atoms with E-state index in [1.165, 1.54) is 66.1 Å². The molecular weight excluding hydrogens is 949 g/mol. The quantitative estimate of drug-likeness (QED) is 0.145. The van der Waals surface area contributed by atoms with E-state index >= 15 is 0 Å². The molecule has 6 nitrogen and oxygen atoms in total. The van der Waals surface area contributed by atoms with Crippen LogP contribution in [0.1, 0.15) is 22.3 Å². The summed E-state index contributed by atoms with van der Waals surface area (Å²) in [4.78, 5) is 20.2. The van der Waals surface area contributed by atoms with Gasteiger partial charge < -0.3 is 9.13 Å². The number of nitrogens with zero attached hydrogens (tertiary/aromatic N) is 6. The molecule has 4 aromatic heterocycles. The summed E-state index contributed by atoms with van der Waals surface area (Å²) in [7, 11) is 0. The third kappa shape index (κ3) is 8.05. The van der Waals surface area contributed by atoms with Crippen LogP contribution in [-0.4, -0.2) is 29.1 Å². The lowest BCUT2D eigenvalue weighted by molar-refractivity contribution is 1.07. The molecule has 4 heterocycles. The molecule has 370 valence electrons. The first-order valence-corrected chi connectivity index (χ1v) is 26.6. The van der Waals surface area contributed by atoms with Crippen LogP contribution in [0.4, 0.5) is 0 Å². The van der Waals surface area contributed by atoms with Gasteiger partial charge in [-0.05, 0) is 121 Å². The minimum absolute atomic E-state index is 0.586. The highest BCUT2D eigenvalue weighted by atomic mass is 15.0. The number of aromatic nitrogens is 6. The van der Waals surface area contributed by atoms with Gasteiger partial charge in [-0.25, -0.2) is 15.0 Å². The molecule has 78 heavy (non-hydrogen) atoms. The van der Waals surface area contributed by atoms with Gasteiger partial charge >= 0.3 is 0 Å². The monoisotopic (exact) mass is 1000 g/mol. The third-order valence-electron chi connectivity index (χ3n) is 15.5. The van der Waals surface area contributed by atoms with Crippen LogP contribution in [-0.2, 0) is 0 Å². The van der Waals surface area contributed by atoms with Gasteiger partial charge in [0.05, 0.1) is 33.4 Å². The molecule has 0 unspecified atom stereocenters. The van der Waals surface area contributed by atoms with E-state index in [0.29, 0.717) is 17.5 Å². The van der Waals surface area contributed by atoms with Crippen LogP contribution in [0.3, 0.4) is 0 Å². The molecule has 0 aliphatic carbocycles. The fourth-order valence-electron chi connectivity index (χ4n) is 11.8. The highest BCUT2D eigenvalue weighted by molar-refractivity contribution is 6.13. The number of hydrogen-bond acceptors (Lipinski definition) is 4. The lowest BCUT2D eigenvalue weighted by Crippen LogP contribution is -2.04. The summed E-state index contributed by atoms with van der Waals surface area (Å²) < 4.78 is 4.92. The molecule has 0 saturated heterocycles.